The molecule has 3 aromatic rings. The number of hydrogen-bond donors (Lipinski definition) is 6. The first kappa shape index (κ1) is 39.3. The fraction of sp³-hybridized carbons (Fsp3) is 0.469. The number of nitrogens with zero attached hydrogens (tertiary/aromatic N) is 6. The van der Waals surface area contributed by atoms with Gasteiger partial charge in [-0.15, -0.1) is 0 Å². The van der Waals surface area contributed by atoms with E-state index in [4.69, 9.17) is 30.2 Å². The van der Waals surface area contributed by atoms with Crippen LogP contribution in [-0.4, -0.2) is 119 Å². The lowest BCUT2D eigenvalue weighted by molar-refractivity contribution is 0.0511. The molecular weight excluding hydrogens is 648 g/mol. The smallest absolute Gasteiger partial charge is 0.251 e. The number of amides is 2. The maximum absolute atomic E-state index is 12.5. The third-order valence-electron chi connectivity index (χ3n) is 6.47. The van der Waals surface area contributed by atoms with Crippen molar-refractivity contribution in [2.75, 3.05) is 108 Å². The van der Waals surface area contributed by atoms with E-state index in [0.717, 1.165) is 6.42 Å². The average molecular weight is 695 g/mol. The molecule has 0 fully saturated rings. The molecule has 2 aromatic carbocycles. The molecule has 3 rings (SSSR count). The van der Waals surface area contributed by atoms with Crippen LogP contribution in [0.25, 0.3) is 10.4 Å². The molecule has 2 amide bonds. The highest BCUT2D eigenvalue weighted by atomic mass is 16.5. The molecule has 18 nitrogen and oxygen atoms in total. The minimum atomic E-state index is -0.232. The molecule has 7 N–H and O–H groups in total. The average Bonchev–Trinajstić information content (AvgIpc) is 3.13. The lowest BCUT2D eigenvalue weighted by Crippen LogP contribution is -2.27. The van der Waals surface area contributed by atoms with Gasteiger partial charge in [-0.2, -0.15) is 15.0 Å². The first-order valence-electron chi connectivity index (χ1n) is 16.3. The first-order chi connectivity index (χ1) is 24.6. The molecule has 18 heteroatoms. The van der Waals surface area contributed by atoms with Gasteiger partial charge in [-0.1, -0.05) is 23.3 Å². The van der Waals surface area contributed by atoms with Crippen molar-refractivity contribution in [3.05, 3.63) is 76.2 Å². The minimum Gasteiger partial charge on any atom is -0.379 e. The van der Waals surface area contributed by atoms with E-state index in [1.54, 1.807) is 36.4 Å². The Morgan fingerprint density at radius 1 is 0.660 bits per heavy atom. The van der Waals surface area contributed by atoms with Crippen LogP contribution in [-0.2, 0) is 18.9 Å². The van der Waals surface area contributed by atoms with Crippen molar-refractivity contribution in [2.24, 2.45) is 10.8 Å². The summed E-state index contributed by atoms with van der Waals surface area (Å²) in [7, 11) is 0. The second kappa shape index (κ2) is 25.0. The summed E-state index contributed by atoms with van der Waals surface area (Å²) in [5, 5.41) is 18.4. The molecule has 0 saturated carbocycles. The predicted molar refractivity (Wildman–Crippen MR) is 189 cm³/mol. The number of anilines is 4. The third-order valence-corrected chi connectivity index (χ3v) is 6.47. The van der Waals surface area contributed by atoms with Crippen LogP contribution in [0.5, 0.6) is 0 Å². The summed E-state index contributed by atoms with van der Waals surface area (Å²) in [4.78, 5) is 40.5. The van der Waals surface area contributed by atoms with E-state index in [-0.39, 0.29) is 18.4 Å². The van der Waals surface area contributed by atoms with E-state index in [1.165, 1.54) is 0 Å². The molecule has 0 aliphatic heterocycles. The first-order valence-corrected chi connectivity index (χ1v) is 16.3. The van der Waals surface area contributed by atoms with Crippen molar-refractivity contribution in [1.82, 2.24) is 25.6 Å². The molecule has 0 spiro atoms. The largest absolute Gasteiger partial charge is 0.379 e. The van der Waals surface area contributed by atoms with E-state index < -0.39 is 0 Å². The maximum atomic E-state index is 12.5. The van der Waals surface area contributed by atoms with Gasteiger partial charge >= 0.3 is 0 Å². The van der Waals surface area contributed by atoms with Crippen molar-refractivity contribution >= 4 is 35.3 Å². The summed E-state index contributed by atoms with van der Waals surface area (Å²) in [6, 6.07) is 15.9. The molecule has 0 radical (unpaired) electrons. The molecule has 1 aromatic heterocycles. The second-order valence-corrected chi connectivity index (χ2v) is 10.3. The van der Waals surface area contributed by atoms with Crippen molar-refractivity contribution in [2.45, 2.75) is 6.42 Å². The summed E-state index contributed by atoms with van der Waals surface area (Å²) in [5.41, 5.74) is 15.6. The zero-order valence-electron chi connectivity index (χ0n) is 28.0. The molecule has 0 bridgehead atoms. The Hall–Kier alpha value is -5.10. The Morgan fingerprint density at radius 3 is 1.76 bits per heavy atom. The highest BCUT2D eigenvalue weighted by Crippen LogP contribution is 2.17. The van der Waals surface area contributed by atoms with Crippen LogP contribution in [0.4, 0.5) is 23.5 Å². The second-order valence-electron chi connectivity index (χ2n) is 10.3. The normalized spacial score (nSPS) is 10.6. The van der Waals surface area contributed by atoms with E-state index >= 15 is 0 Å². The molecule has 0 aliphatic rings. The van der Waals surface area contributed by atoms with Crippen LogP contribution < -0.4 is 32.3 Å². The van der Waals surface area contributed by atoms with Gasteiger partial charge < -0.3 is 51.3 Å². The van der Waals surface area contributed by atoms with Gasteiger partial charge in [-0.3, -0.25) is 9.59 Å². The number of nitrogens with two attached hydrogens (primary N) is 1. The summed E-state index contributed by atoms with van der Waals surface area (Å²) < 4.78 is 21.8. The highest BCUT2D eigenvalue weighted by molar-refractivity contribution is 5.94. The molecule has 50 heavy (non-hydrogen) atoms. The van der Waals surface area contributed by atoms with E-state index in [0.29, 0.717) is 120 Å². The Kier molecular flexibility index (Phi) is 19.6. The SMILES string of the molecule is [N-]=[N+]=NCCOCCOCCNC(=O)c1ccc(Nc2nc(NCCCN)nc(NCCOCCOCCNC(=O)c3ccccc3)n2)cc1. The lowest BCUT2D eigenvalue weighted by Gasteiger charge is -2.12. The van der Waals surface area contributed by atoms with Gasteiger partial charge in [-0.25, -0.2) is 0 Å². The van der Waals surface area contributed by atoms with Crippen LogP contribution in [0.15, 0.2) is 59.7 Å². The standard InChI is InChI=1S/C32H46N12O6/c33-11-4-12-37-30-41-31(38-15-19-49-22-21-47-17-13-35-28(45)25-5-2-1-3-6-25)43-32(42-30)40-27-9-7-26(8-10-27)29(46)36-14-18-48-23-24-50-20-16-39-44-34/h1-3,5-10H,4,11-24,33H2,(H,35,45)(H,36,46)(H3,37,38,40,41,42,43). The number of aromatic nitrogens is 3. The minimum absolute atomic E-state index is 0.136. The van der Waals surface area contributed by atoms with Gasteiger partial charge in [0.15, 0.2) is 0 Å². The number of carbonyl (C=O) groups is 2. The van der Waals surface area contributed by atoms with Gasteiger partial charge in [0.25, 0.3) is 11.8 Å². The zero-order chi connectivity index (χ0) is 35.5. The number of hydrogen-bond acceptors (Lipinski definition) is 14. The van der Waals surface area contributed by atoms with Gasteiger partial charge in [0.2, 0.25) is 17.8 Å². The van der Waals surface area contributed by atoms with Crippen molar-refractivity contribution in [3.8, 4) is 0 Å². The monoisotopic (exact) mass is 694 g/mol. The Morgan fingerprint density at radius 2 is 1.18 bits per heavy atom. The lowest BCUT2D eigenvalue weighted by atomic mass is 10.2. The van der Waals surface area contributed by atoms with Crippen LogP contribution in [0, 0.1) is 0 Å². The van der Waals surface area contributed by atoms with Crippen LogP contribution in [0.1, 0.15) is 27.1 Å². The van der Waals surface area contributed by atoms with Gasteiger partial charge in [0.05, 0.1) is 52.9 Å². The van der Waals surface area contributed by atoms with Gasteiger partial charge in [0, 0.05) is 54.4 Å². The topological polar surface area (TPSA) is 245 Å². The van der Waals surface area contributed by atoms with E-state index in [2.05, 4.69) is 51.6 Å². The number of rotatable bonds is 27. The molecule has 270 valence electrons. The highest BCUT2D eigenvalue weighted by Gasteiger charge is 2.09. The quantitative estimate of drug-likeness (QED) is 0.0291. The fourth-order valence-corrected chi connectivity index (χ4v) is 4.02. The fourth-order valence-electron chi connectivity index (χ4n) is 4.02. The Bertz CT molecular complexity index is 1450. The van der Waals surface area contributed by atoms with Crippen LogP contribution in [0.2, 0.25) is 0 Å². The molecule has 0 saturated heterocycles. The van der Waals surface area contributed by atoms with E-state index in [1.807, 2.05) is 18.2 Å². The van der Waals surface area contributed by atoms with Crippen LogP contribution >= 0.6 is 0 Å². The van der Waals surface area contributed by atoms with Crippen molar-refractivity contribution in [1.29, 1.82) is 0 Å². The predicted octanol–water partition coefficient (Wildman–Crippen LogP) is 2.32. The molecule has 0 aliphatic carbocycles. The summed E-state index contributed by atoms with van der Waals surface area (Å²) in [5.74, 6) is 0.672. The van der Waals surface area contributed by atoms with Crippen LogP contribution in [0.3, 0.4) is 0 Å². The number of carbonyl (C=O) groups excluding carboxylic acids is 2. The summed E-state index contributed by atoms with van der Waals surface area (Å²) in [6.07, 6.45) is 0.747. The Labute approximate surface area is 290 Å². The number of benzene rings is 2. The van der Waals surface area contributed by atoms with Crippen molar-refractivity contribution in [3.63, 3.8) is 0 Å². The van der Waals surface area contributed by atoms with E-state index in [9.17, 15) is 9.59 Å². The summed E-state index contributed by atoms with van der Waals surface area (Å²) in [6.45, 7) is 5.57. The van der Waals surface area contributed by atoms with Gasteiger partial charge in [0.1, 0.15) is 0 Å². The third kappa shape index (κ3) is 16.8. The molecule has 0 atom stereocenters. The number of nitrogens with one attached hydrogen (secondary N) is 5. The van der Waals surface area contributed by atoms with Crippen molar-refractivity contribution < 1.29 is 28.5 Å². The molecule has 0 unspecified atom stereocenters. The number of ether oxygens (including phenoxy) is 4. The zero-order valence-corrected chi connectivity index (χ0v) is 28.0. The number of azide groups is 1. The molecular formula is C32H46N12O6. The Balaban J connectivity index is 1.35. The molecule has 1 heterocycles. The summed E-state index contributed by atoms with van der Waals surface area (Å²) >= 11 is 0. The maximum Gasteiger partial charge on any atom is 0.251 e. The van der Waals surface area contributed by atoms with Gasteiger partial charge in [-0.05, 0) is 54.9 Å².